The van der Waals surface area contributed by atoms with Gasteiger partial charge in [0.25, 0.3) is 0 Å². The monoisotopic (exact) mass is 473 g/mol. The zero-order chi connectivity index (χ0) is 17.9. The minimum atomic E-state index is 0. The van der Waals surface area contributed by atoms with Crippen LogP contribution >= 0.6 is 24.0 Å². The van der Waals surface area contributed by atoms with Crippen LogP contribution in [0.2, 0.25) is 0 Å². The van der Waals surface area contributed by atoms with Gasteiger partial charge in [0.1, 0.15) is 0 Å². The highest BCUT2D eigenvalue weighted by molar-refractivity contribution is 14.0. The number of carbonyl (C=O) groups is 1. The topological polar surface area (TPSA) is 85.8 Å². The predicted molar refractivity (Wildman–Crippen MR) is 115 cm³/mol. The summed E-state index contributed by atoms with van der Waals surface area (Å²) >= 11 is 0. The summed E-state index contributed by atoms with van der Waals surface area (Å²) in [4.78, 5) is 29.3. The van der Waals surface area contributed by atoms with Crippen LogP contribution in [0.1, 0.15) is 13.3 Å². The highest BCUT2D eigenvalue weighted by atomic mass is 127. The maximum atomic E-state index is 12.3. The summed E-state index contributed by atoms with van der Waals surface area (Å²) < 4.78 is 0. The molecule has 26 heavy (non-hydrogen) atoms. The highest BCUT2D eigenvalue weighted by Gasteiger charge is 2.21. The number of anilines is 1. The summed E-state index contributed by atoms with van der Waals surface area (Å²) in [6.45, 7) is 10.4. The van der Waals surface area contributed by atoms with E-state index in [0.717, 1.165) is 25.6 Å². The molecule has 1 aromatic heterocycles. The van der Waals surface area contributed by atoms with Gasteiger partial charge in [0, 0.05) is 58.1 Å². The largest absolute Gasteiger partial charge is 0.357 e. The van der Waals surface area contributed by atoms with Crippen molar-refractivity contribution in [2.24, 2.45) is 4.99 Å². The molecule has 1 fully saturated rings. The van der Waals surface area contributed by atoms with E-state index in [-0.39, 0.29) is 29.9 Å². The molecule has 2 N–H and O–H groups in total. The lowest BCUT2D eigenvalue weighted by Crippen LogP contribution is -2.49. The van der Waals surface area contributed by atoms with Crippen LogP contribution in [0.3, 0.4) is 0 Å². The molecule has 1 aliphatic rings. The molecule has 0 bridgehead atoms. The van der Waals surface area contributed by atoms with Gasteiger partial charge in [-0.2, -0.15) is 0 Å². The van der Waals surface area contributed by atoms with Gasteiger partial charge in [-0.3, -0.25) is 9.79 Å². The molecule has 0 saturated carbocycles. The molecule has 0 aromatic carbocycles. The summed E-state index contributed by atoms with van der Waals surface area (Å²) in [6.07, 6.45) is 5.65. The van der Waals surface area contributed by atoms with Crippen molar-refractivity contribution in [3.05, 3.63) is 31.1 Å². The maximum absolute atomic E-state index is 12.3. The van der Waals surface area contributed by atoms with E-state index in [9.17, 15) is 4.79 Å². The van der Waals surface area contributed by atoms with Gasteiger partial charge >= 0.3 is 0 Å². The molecule has 1 amide bonds. The van der Waals surface area contributed by atoms with E-state index in [1.165, 1.54) is 0 Å². The first-order valence-corrected chi connectivity index (χ1v) is 8.67. The Kier molecular flexibility index (Phi) is 10.6. The van der Waals surface area contributed by atoms with E-state index in [4.69, 9.17) is 0 Å². The number of amides is 1. The van der Waals surface area contributed by atoms with Gasteiger partial charge in [-0.05, 0) is 13.0 Å². The number of piperazine rings is 1. The van der Waals surface area contributed by atoms with Gasteiger partial charge in [-0.15, -0.1) is 30.6 Å². The average Bonchev–Trinajstić information content (AvgIpc) is 2.67. The van der Waals surface area contributed by atoms with Crippen LogP contribution in [0.15, 0.2) is 36.1 Å². The molecule has 2 rings (SSSR count). The minimum Gasteiger partial charge on any atom is -0.357 e. The number of nitrogens with zero attached hydrogens (tertiary/aromatic N) is 5. The van der Waals surface area contributed by atoms with Gasteiger partial charge in [0.2, 0.25) is 11.9 Å². The van der Waals surface area contributed by atoms with Gasteiger partial charge < -0.3 is 20.4 Å². The second-order valence-electron chi connectivity index (χ2n) is 5.60. The second kappa shape index (κ2) is 12.4. The first-order valence-electron chi connectivity index (χ1n) is 8.67. The van der Waals surface area contributed by atoms with Crippen molar-refractivity contribution in [1.82, 2.24) is 25.5 Å². The van der Waals surface area contributed by atoms with Gasteiger partial charge in [0.15, 0.2) is 5.96 Å². The number of aliphatic imine (C=N–C) groups is 1. The molecule has 1 aromatic rings. The first kappa shape index (κ1) is 22.1. The minimum absolute atomic E-state index is 0. The van der Waals surface area contributed by atoms with Crippen molar-refractivity contribution in [2.45, 2.75) is 13.3 Å². The Morgan fingerprint density at radius 2 is 1.96 bits per heavy atom. The molecular formula is C17H28IN7O. The summed E-state index contributed by atoms with van der Waals surface area (Å²) in [5.74, 6) is 1.57. The van der Waals surface area contributed by atoms with Crippen LogP contribution in [0.4, 0.5) is 5.95 Å². The number of aromatic nitrogens is 2. The Bertz CT molecular complexity index is 574. The molecule has 2 heterocycles. The van der Waals surface area contributed by atoms with Gasteiger partial charge in [0.05, 0.1) is 6.54 Å². The predicted octanol–water partition coefficient (Wildman–Crippen LogP) is 0.874. The molecule has 0 aliphatic carbocycles. The van der Waals surface area contributed by atoms with Crippen LogP contribution in [0, 0.1) is 0 Å². The van der Waals surface area contributed by atoms with Crippen molar-refractivity contribution in [1.29, 1.82) is 0 Å². The summed E-state index contributed by atoms with van der Waals surface area (Å²) in [7, 11) is 0. The third-order valence-corrected chi connectivity index (χ3v) is 3.82. The van der Waals surface area contributed by atoms with E-state index in [1.54, 1.807) is 24.5 Å². The van der Waals surface area contributed by atoms with Gasteiger partial charge in [-0.1, -0.05) is 6.08 Å². The molecule has 144 valence electrons. The van der Waals surface area contributed by atoms with Gasteiger partial charge in [-0.25, -0.2) is 9.97 Å². The van der Waals surface area contributed by atoms with Crippen LogP contribution in [-0.2, 0) is 4.79 Å². The van der Waals surface area contributed by atoms with Crippen molar-refractivity contribution < 1.29 is 4.79 Å². The van der Waals surface area contributed by atoms with Crippen LogP contribution in [0.5, 0.6) is 0 Å². The lowest BCUT2D eigenvalue weighted by atomic mass is 10.3. The molecule has 0 unspecified atom stereocenters. The van der Waals surface area contributed by atoms with E-state index in [1.807, 2.05) is 11.8 Å². The fourth-order valence-electron chi connectivity index (χ4n) is 2.54. The lowest BCUT2D eigenvalue weighted by Gasteiger charge is -2.34. The Balaban J connectivity index is 0.00000338. The van der Waals surface area contributed by atoms with Crippen molar-refractivity contribution in [3.63, 3.8) is 0 Å². The zero-order valence-electron chi connectivity index (χ0n) is 15.2. The number of guanidine groups is 1. The third kappa shape index (κ3) is 7.14. The molecule has 9 heteroatoms. The smallest absolute Gasteiger partial charge is 0.225 e. The highest BCUT2D eigenvalue weighted by Crippen LogP contribution is 2.10. The molecule has 0 radical (unpaired) electrons. The molecule has 1 saturated heterocycles. The van der Waals surface area contributed by atoms with E-state index in [0.29, 0.717) is 38.6 Å². The van der Waals surface area contributed by atoms with E-state index >= 15 is 0 Å². The quantitative estimate of drug-likeness (QED) is 0.265. The number of carbonyl (C=O) groups excluding carboxylic acids is 1. The Labute approximate surface area is 172 Å². The standard InChI is InChI=1S/C17H27N7O.HI/c1-3-7-19-16(18-4-2)20-10-6-15(25)23-11-13-24(14-12-23)17-21-8-5-9-22-17;/h3,5,8-9H,1,4,6-7,10-14H2,2H3,(H2,18,19,20);1H. The number of rotatable bonds is 7. The summed E-state index contributed by atoms with van der Waals surface area (Å²) in [5, 5.41) is 6.26. The third-order valence-electron chi connectivity index (χ3n) is 3.82. The van der Waals surface area contributed by atoms with E-state index < -0.39 is 0 Å². The normalized spacial score (nSPS) is 14.4. The van der Waals surface area contributed by atoms with Crippen molar-refractivity contribution in [2.75, 3.05) is 50.7 Å². The number of nitrogens with one attached hydrogen (secondary N) is 2. The Morgan fingerprint density at radius 1 is 1.27 bits per heavy atom. The Morgan fingerprint density at radius 3 is 2.58 bits per heavy atom. The number of hydrogen-bond donors (Lipinski definition) is 2. The molecule has 0 spiro atoms. The lowest BCUT2D eigenvalue weighted by molar-refractivity contribution is -0.131. The zero-order valence-corrected chi connectivity index (χ0v) is 17.6. The molecule has 8 nitrogen and oxygen atoms in total. The summed E-state index contributed by atoms with van der Waals surface area (Å²) in [6, 6.07) is 1.80. The van der Waals surface area contributed by atoms with E-state index in [2.05, 4.69) is 37.1 Å². The first-order chi connectivity index (χ1) is 12.2. The fourth-order valence-corrected chi connectivity index (χ4v) is 2.54. The average molecular weight is 473 g/mol. The molecular weight excluding hydrogens is 445 g/mol. The van der Waals surface area contributed by atoms with Crippen molar-refractivity contribution >= 4 is 41.8 Å². The Hall–Kier alpha value is -1.91. The second-order valence-corrected chi connectivity index (χ2v) is 5.60. The molecule has 0 atom stereocenters. The number of halogens is 1. The number of hydrogen-bond acceptors (Lipinski definition) is 5. The molecule has 1 aliphatic heterocycles. The summed E-state index contributed by atoms with van der Waals surface area (Å²) in [5.41, 5.74) is 0. The SMILES string of the molecule is C=CCNC(=NCCC(=O)N1CCN(c2ncccn2)CC1)NCC.I. The van der Waals surface area contributed by atoms with Crippen molar-refractivity contribution in [3.8, 4) is 0 Å². The van der Waals surface area contributed by atoms with Crippen LogP contribution in [-0.4, -0.2) is 72.5 Å². The van der Waals surface area contributed by atoms with Crippen LogP contribution < -0.4 is 15.5 Å². The maximum Gasteiger partial charge on any atom is 0.225 e. The van der Waals surface area contributed by atoms with Crippen LogP contribution in [0.25, 0.3) is 0 Å². The fraction of sp³-hybridized carbons (Fsp3) is 0.529.